The van der Waals surface area contributed by atoms with Crippen LogP contribution in [-0.2, 0) is 17.9 Å². The maximum Gasteiger partial charge on any atom is 0.270 e. The first kappa shape index (κ1) is 27.1. The molecular formula is C26H32FN7O4. The largest absolute Gasteiger partial charge is 0.494 e. The fraction of sp³-hybridized carbons (Fsp3) is 0.462. The van der Waals surface area contributed by atoms with Crippen molar-refractivity contribution in [1.82, 2.24) is 35.8 Å². The number of tetrazole rings is 1. The topological polar surface area (TPSA) is 144 Å². The van der Waals surface area contributed by atoms with Crippen molar-refractivity contribution in [2.75, 3.05) is 13.7 Å². The van der Waals surface area contributed by atoms with Crippen molar-refractivity contribution >= 4 is 11.8 Å². The summed E-state index contributed by atoms with van der Waals surface area (Å²) in [6, 6.07) is 7.96. The number of amides is 2. The van der Waals surface area contributed by atoms with Crippen molar-refractivity contribution in [3.8, 4) is 17.1 Å². The minimum Gasteiger partial charge on any atom is -0.494 e. The highest BCUT2D eigenvalue weighted by Crippen LogP contribution is 2.26. The van der Waals surface area contributed by atoms with Gasteiger partial charge in [0.05, 0.1) is 20.3 Å². The third-order valence-corrected chi connectivity index (χ3v) is 6.54. The fourth-order valence-corrected chi connectivity index (χ4v) is 4.56. The van der Waals surface area contributed by atoms with Crippen molar-refractivity contribution in [1.29, 1.82) is 0 Å². The Morgan fingerprint density at radius 1 is 1.18 bits per heavy atom. The number of hydrogen-bond acceptors (Lipinski definition) is 8. The van der Waals surface area contributed by atoms with E-state index in [0.29, 0.717) is 35.1 Å². The molecule has 1 aliphatic carbocycles. The number of pyridine rings is 1. The highest BCUT2D eigenvalue weighted by Gasteiger charge is 2.23. The minimum absolute atomic E-state index is 0.111. The Bertz CT molecular complexity index is 1270. The molecule has 0 saturated heterocycles. The number of aliphatic hydroxyl groups is 1. The van der Waals surface area contributed by atoms with E-state index < -0.39 is 5.82 Å². The molecule has 1 aliphatic rings. The van der Waals surface area contributed by atoms with Crippen LogP contribution >= 0.6 is 0 Å². The molecule has 2 aromatic heterocycles. The smallest absolute Gasteiger partial charge is 0.270 e. The lowest BCUT2D eigenvalue weighted by molar-refractivity contribution is -0.122. The van der Waals surface area contributed by atoms with Gasteiger partial charge in [-0.2, -0.15) is 4.80 Å². The predicted octanol–water partition coefficient (Wildman–Crippen LogP) is 2.18. The van der Waals surface area contributed by atoms with E-state index in [2.05, 4.69) is 31.0 Å². The molecule has 0 spiro atoms. The molecule has 0 aliphatic heterocycles. The zero-order chi connectivity index (χ0) is 27.1. The molecule has 11 nitrogen and oxygen atoms in total. The molecule has 0 bridgehead atoms. The number of nitrogens with zero attached hydrogens (tertiary/aromatic N) is 5. The van der Waals surface area contributed by atoms with Gasteiger partial charge in [0.15, 0.2) is 11.6 Å². The number of aliphatic hydroxyl groups excluding tert-OH is 1. The van der Waals surface area contributed by atoms with Crippen molar-refractivity contribution in [2.45, 2.75) is 58.2 Å². The second-order valence-corrected chi connectivity index (χ2v) is 9.46. The summed E-state index contributed by atoms with van der Waals surface area (Å²) in [7, 11) is 1.39. The number of rotatable bonds is 10. The highest BCUT2D eigenvalue weighted by molar-refractivity contribution is 5.93. The summed E-state index contributed by atoms with van der Waals surface area (Å²) in [5, 5.41) is 27.5. The standard InChI is InChI=1S/C26H32FN7O4/c1-16-11-19(13-22(29-16)26(37)28-14-18-5-8-21(27)23(12-18)38-2)25-31-33-34(32-25)15-17-3-6-20(7-4-17)30-24(36)9-10-35/h5,8,11-13,17,20,35H,3-4,6-7,9-10,14-15H2,1-2H3,(H,28,37)(H,30,36)/t17-,20-. The number of ether oxygens (including phenoxy) is 1. The van der Waals surface area contributed by atoms with Gasteiger partial charge in [-0.05, 0) is 73.6 Å². The number of hydrogen-bond donors (Lipinski definition) is 3. The molecule has 2 heterocycles. The SMILES string of the molecule is COc1cc(CNC(=O)c2cc(-c3nnn(C[C@H]4CC[C@H](NC(=O)CCO)CC4)n3)cc(C)n2)ccc1F. The average Bonchev–Trinajstić information content (AvgIpc) is 3.37. The van der Waals surface area contributed by atoms with Crippen LogP contribution in [0.1, 0.15) is 53.8 Å². The van der Waals surface area contributed by atoms with Crippen LogP contribution in [0.15, 0.2) is 30.3 Å². The van der Waals surface area contributed by atoms with Gasteiger partial charge in [0, 0.05) is 30.3 Å². The van der Waals surface area contributed by atoms with Crippen molar-refractivity contribution in [2.24, 2.45) is 5.92 Å². The average molecular weight is 526 g/mol. The summed E-state index contributed by atoms with van der Waals surface area (Å²) in [6.07, 6.45) is 3.73. The Morgan fingerprint density at radius 2 is 1.97 bits per heavy atom. The molecule has 202 valence electrons. The summed E-state index contributed by atoms with van der Waals surface area (Å²) < 4.78 is 18.6. The molecule has 38 heavy (non-hydrogen) atoms. The number of aryl methyl sites for hydroxylation is 1. The number of benzene rings is 1. The number of carbonyl (C=O) groups is 2. The summed E-state index contributed by atoms with van der Waals surface area (Å²) in [5.74, 6) is -0.0851. The monoisotopic (exact) mass is 525 g/mol. The molecule has 0 unspecified atom stereocenters. The van der Waals surface area contributed by atoms with Crippen LogP contribution < -0.4 is 15.4 Å². The van der Waals surface area contributed by atoms with E-state index in [1.165, 1.54) is 19.2 Å². The molecule has 3 aromatic rings. The van der Waals surface area contributed by atoms with Gasteiger partial charge in [0.25, 0.3) is 5.91 Å². The fourth-order valence-electron chi connectivity index (χ4n) is 4.56. The van der Waals surface area contributed by atoms with Crippen LogP contribution in [0.2, 0.25) is 0 Å². The van der Waals surface area contributed by atoms with Crippen LogP contribution in [0.3, 0.4) is 0 Å². The third kappa shape index (κ3) is 7.09. The molecule has 1 aromatic carbocycles. The van der Waals surface area contributed by atoms with Crippen LogP contribution in [0, 0.1) is 18.7 Å². The van der Waals surface area contributed by atoms with Crippen LogP contribution in [0.5, 0.6) is 5.75 Å². The van der Waals surface area contributed by atoms with Gasteiger partial charge in [0.1, 0.15) is 5.69 Å². The second kappa shape index (κ2) is 12.5. The number of aromatic nitrogens is 5. The maximum absolute atomic E-state index is 13.6. The van der Waals surface area contributed by atoms with E-state index in [1.807, 2.05) is 0 Å². The van der Waals surface area contributed by atoms with E-state index in [0.717, 1.165) is 25.7 Å². The maximum atomic E-state index is 13.6. The Hall–Kier alpha value is -3.93. The molecular weight excluding hydrogens is 493 g/mol. The van der Waals surface area contributed by atoms with Gasteiger partial charge < -0.3 is 20.5 Å². The zero-order valence-electron chi connectivity index (χ0n) is 21.5. The van der Waals surface area contributed by atoms with Crippen LogP contribution in [0.25, 0.3) is 11.4 Å². The molecule has 0 atom stereocenters. The summed E-state index contributed by atoms with van der Waals surface area (Å²) in [6.45, 7) is 2.44. The van der Waals surface area contributed by atoms with Crippen molar-refractivity contribution < 1.29 is 23.8 Å². The molecule has 1 saturated carbocycles. The lowest BCUT2D eigenvalue weighted by atomic mass is 9.86. The summed E-state index contributed by atoms with van der Waals surface area (Å²) >= 11 is 0. The van der Waals surface area contributed by atoms with E-state index in [1.54, 1.807) is 29.9 Å². The molecule has 12 heteroatoms. The lowest BCUT2D eigenvalue weighted by Crippen LogP contribution is -2.38. The van der Waals surface area contributed by atoms with E-state index >= 15 is 0 Å². The highest BCUT2D eigenvalue weighted by atomic mass is 19.1. The first-order valence-electron chi connectivity index (χ1n) is 12.6. The Balaban J connectivity index is 1.35. The Kier molecular flexibility index (Phi) is 8.95. The van der Waals surface area contributed by atoms with Gasteiger partial charge in [-0.25, -0.2) is 9.37 Å². The molecule has 0 radical (unpaired) electrons. The van der Waals surface area contributed by atoms with Gasteiger partial charge in [-0.15, -0.1) is 10.2 Å². The Labute approximate surface area is 219 Å². The number of halogens is 1. The summed E-state index contributed by atoms with van der Waals surface area (Å²) in [4.78, 5) is 30.4. The first-order valence-corrected chi connectivity index (χ1v) is 12.6. The van der Waals surface area contributed by atoms with Crippen LogP contribution in [-0.4, -0.2) is 61.9 Å². The molecule has 4 rings (SSSR count). The molecule has 3 N–H and O–H groups in total. The van der Waals surface area contributed by atoms with E-state index in [-0.39, 0.29) is 48.9 Å². The number of nitrogens with one attached hydrogen (secondary N) is 2. The van der Waals surface area contributed by atoms with E-state index in [9.17, 15) is 14.0 Å². The molecule has 1 fully saturated rings. The van der Waals surface area contributed by atoms with Crippen molar-refractivity contribution in [3.63, 3.8) is 0 Å². The third-order valence-electron chi connectivity index (χ3n) is 6.54. The van der Waals surface area contributed by atoms with Gasteiger partial charge in [-0.1, -0.05) is 6.07 Å². The summed E-state index contributed by atoms with van der Waals surface area (Å²) in [5.41, 5.74) is 2.17. The van der Waals surface area contributed by atoms with Gasteiger partial charge >= 0.3 is 0 Å². The van der Waals surface area contributed by atoms with Crippen LogP contribution in [0.4, 0.5) is 4.39 Å². The Morgan fingerprint density at radius 3 is 2.71 bits per heavy atom. The quantitative estimate of drug-likeness (QED) is 0.365. The first-order chi connectivity index (χ1) is 18.3. The normalized spacial score (nSPS) is 17.2. The number of methoxy groups -OCH3 is 1. The second-order valence-electron chi connectivity index (χ2n) is 9.46. The minimum atomic E-state index is -0.469. The van der Waals surface area contributed by atoms with Gasteiger partial charge in [-0.3, -0.25) is 9.59 Å². The van der Waals surface area contributed by atoms with Crippen molar-refractivity contribution in [3.05, 3.63) is 53.1 Å². The predicted molar refractivity (Wildman–Crippen MR) is 135 cm³/mol. The van der Waals surface area contributed by atoms with Gasteiger partial charge in [0.2, 0.25) is 11.7 Å². The zero-order valence-corrected chi connectivity index (χ0v) is 21.5. The molecule has 2 amide bonds. The number of carbonyl (C=O) groups excluding carboxylic acids is 2. The lowest BCUT2D eigenvalue weighted by Gasteiger charge is -2.28. The van der Waals surface area contributed by atoms with E-state index in [4.69, 9.17) is 9.84 Å².